The Morgan fingerprint density at radius 3 is 2.82 bits per heavy atom. The van der Waals surface area contributed by atoms with E-state index >= 15 is 0 Å². The summed E-state index contributed by atoms with van der Waals surface area (Å²) in [6, 6.07) is 0. The van der Waals surface area contributed by atoms with Crippen molar-refractivity contribution in [1.82, 2.24) is 19.1 Å². The normalized spacial score (nSPS) is 10.6. The molecule has 0 atom stereocenters. The molecule has 2 aromatic rings. The van der Waals surface area contributed by atoms with E-state index in [1.165, 1.54) is 11.8 Å². The van der Waals surface area contributed by atoms with E-state index in [1.54, 1.807) is 12.4 Å². The number of carboxylic acids is 1. The summed E-state index contributed by atoms with van der Waals surface area (Å²) in [4.78, 5) is 18.8. The Labute approximate surface area is 102 Å². The van der Waals surface area contributed by atoms with Crippen molar-refractivity contribution in [3.8, 4) is 0 Å². The monoisotopic (exact) mass is 252 g/mol. The zero-order valence-electron chi connectivity index (χ0n) is 9.28. The molecular formula is C10H12N4O2S. The van der Waals surface area contributed by atoms with Gasteiger partial charge in [0.25, 0.3) is 0 Å². The van der Waals surface area contributed by atoms with Gasteiger partial charge in [0.05, 0.1) is 12.3 Å². The van der Waals surface area contributed by atoms with Gasteiger partial charge < -0.3 is 14.2 Å². The average molecular weight is 252 g/mol. The first kappa shape index (κ1) is 11.7. The quantitative estimate of drug-likeness (QED) is 0.798. The van der Waals surface area contributed by atoms with E-state index in [-0.39, 0.29) is 5.75 Å². The van der Waals surface area contributed by atoms with Crippen LogP contribution in [0.5, 0.6) is 0 Å². The maximum atomic E-state index is 10.5. The van der Waals surface area contributed by atoms with Crippen molar-refractivity contribution in [1.29, 1.82) is 0 Å². The van der Waals surface area contributed by atoms with Crippen molar-refractivity contribution >= 4 is 17.7 Å². The van der Waals surface area contributed by atoms with Gasteiger partial charge in [-0.1, -0.05) is 11.8 Å². The van der Waals surface area contributed by atoms with Crippen LogP contribution in [-0.4, -0.2) is 35.9 Å². The van der Waals surface area contributed by atoms with Crippen LogP contribution in [0.2, 0.25) is 0 Å². The Morgan fingerprint density at radius 2 is 2.18 bits per heavy atom. The lowest BCUT2D eigenvalue weighted by Crippen LogP contribution is -2.07. The van der Waals surface area contributed by atoms with Gasteiger partial charge in [-0.3, -0.25) is 4.79 Å². The molecule has 0 aliphatic rings. The first-order valence-electron chi connectivity index (χ1n) is 4.98. The van der Waals surface area contributed by atoms with E-state index in [0.717, 1.165) is 5.82 Å². The Kier molecular flexibility index (Phi) is 3.48. The molecule has 0 aliphatic heterocycles. The highest BCUT2D eigenvalue weighted by atomic mass is 32.2. The van der Waals surface area contributed by atoms with Gasteiger partial charge in [-0.15, -0.1) is 0 Å². The van der Waals surface area contributed by atoms with Gasteiger partial charge in [0.1, 0.15) is 5.82 Å². The molecule has 0 radical (unpaired) electrons. The smallest absolute Gasteiger partial charge is 0.313 e. The molecule has 0 spiro atoms. The fourth-order valence-electron chi connectivity index (χ4n) is 1.38. The molecule has 2 heterocycles. The van der Waals surface area contributed by atoms with Crippen LogP contribution < -0.4 is 0 Å². The van der Waals surface area contributed by atoms with Crippen LogP contribution in [0.15, 0.2) is 29.9 Å². The first-order chi connectivity index (χ1) is 8.16. The van der Waals surface area contributed by atoms with Crippen molar-refractivity contribution in [2.45, 2.75) is 11.7 Å². The molecule has 0 aliphatic carbocycles. The van der Waals surface area contributed by atoms with Gasteiger partial charge in [0.15, 0.2) is 5.16 Å². The SMILES string of the molecule is Cn1ccnc1Cn1ccnc1SCC(=O)O. The minimum Gasteiger partial charge on any atom is -0.481 e. The Balaban J connectivity index is 2.09. The Morgan fingerprint density at radius 1 is 1.41 bits per heavy atom. The molecule has 2 rings (SSSR count). The van der Waals surface area contributed by atoms with Crippen LogP contribution in [0, 0.1) is 0 Å². The van der Waals surface area contributed by atoms with Crippen LogP contribution in [0.1, 0.15) is 5.82 Å². The molecule has 2 aromatic heterocycles. The number of thioether (sulfide) groups is 1. The zero-order valence-corrected chi connectivity index (χ0v) is 10.1. The van der Waals surface area contributed by atoms with E-state index in [0.29, 0.717) is 11.7 Å². The van der Waals surface area contributed by atoms with Crippen molar-refractivity contribution in [3.63, 3.8) is 0 Å². The largest absolute Gasteiger partial charge is 0.481 e. The van der Waals surface area contributed by atoms with Gasteiger partial charge in [-0.05, 0) is 0 Å². The fraction of sp³-hybridized carbons (Fsp3) is 0.300. The summed E-state index contributed by atoms with van der Waals surface area (Å²) in [5.41, 5.74) is 0. The van der Waals surface area contributed by atoms with E-state index in [2.05, 4.69) is 9.97 Å². The third kappa shape index (κ3) is 2.88. The number of aromatic nitrogens is 4. The summed E-state index contributed by atoms with van der Waals surface area (Å²) in [6.07, 6.45) is 7.08. The van der Waals surface area contributed by atoms with Crippen LogP contribution >= 0.6 is 11.8 Å². The molecule has 0 saturated heterocycles. The molecule has 6 nitrogen and oxygen atoms in total. The minimum absolute atomic E-state index is 0.0115. The second kappa shape index (κ2) is 5.05. The highest BCUT2D eigenvalue weighted by Gasteiger charge is 2.08. The van der Waals surface area contributed by atoms with Crippen LogP contribution in [0.3, 0.4) is 0 Å². The summed E-state index contributed by atoms with van der Waals surface area (Å²) in [6.45, 7) is 0.589. The molecule has 0 fully saturated rings. The number of carboxylic acid groups (broad SMARTS) is 1. The number of hydrogen-bond acceptors (Lipinski definition) is 4. The lowest BCUT2D eigenvalue weighted by Gasteiger charge is -2.06. The van der Waals surface area contributed by atoms with Gasteiger partial charge in [0.2, 0.25) is 0 Å². The zero-order chi connectivity index (χ0) is 12.3. The molecule has 0 saturated carbocycles. The van der Waals surface area contributed by atoms with E-state index < -0.39 is 5.97 Å². The minimum atomic E-state index is -0.846. The fourth-order valence-corrected chi connectivity index (χ4v) is 2.06. The number of hydrogen-bond donors (Lipinski definition) is 1. The second-order valence-corrected chi connectivity index (χ2v) is 4.42. The van der Waals surface area contributed by atoms with Crippen molar-refractivity contribution < 1.29 is 9.90 Å². The first-order valence-corrected chi connectivity index (χ1v) is 5.97. The topological polar surface area (TPSA) is 72.9 Å². The summed E-state index contributed by atoms with van der Waals surface area (Å²) in [5.74, 6) is 0.0686. The van der Waals surface area contributed by atoms with Gasteiger partial charge >= 0.3 is 5.97 Å². The Bertz CT molecular complexity index is 520. The van der Waals surface area contributed by atoms with Gasteiger partial charge in [-0.25, -0.2) is 9.97 Å². The molecule has 0 unspecified atom stereocenters. The summed E-state index contributed by atoms with van der Waals surface area (Å²) >= 11 is 1.20. The number of nitrogens with zero attached hydrogens (tertiary/aromatic N) is 4. The molecular weight excluding hydrogens is 240 g/mol. The molecule has 1 N–H and O–H groups in total. The van der Waals surface area contributed by atoms with Crippen LogP contribution in [-0.2, 0) is 18.4 Å². The van der Waals surface area contributed by atoms with Crippen molar-refractivity contribution in [2.24, 2.45) is 7.05 Å². The number of aryl methyl sites for hydroxylation is 1. The third-order valence-corrected chi connectivity index (χ3v) is 3.22. The lowest BCUT2D eigenvalue weighted by atomic mass is 10.6. The van der Waals surface area contributed by atoms with Crippen LogP contribution in [0.4, 0.5) is 0 Å². The molecule has 0 bridgehead atoms. The average Bonchev–Trinajstić information content (AvgIpc) is 2.87. The lowest BCUT2D eigenvalue weighted by molar-refractivity contribution is -0.133. The molecule has 0 amide bonds. The van der Waals surface area contributed by atoms with Crippen LogP contribution in [0.25, 0.3) is 0 Å². The van der Waals surface area contributed by atoms with E-state index in [9.17, 15) is 4.79 Å². The highest BCUT2D eigenvalue weighted by Crippen LogP contribution is 2.16. The van der Waals surface area contributed by atoms with E-state index in [4.69, 9.17) is 5.11 Å². The number of imidazole rings is 2. The number of rotatable bonds is 5. The standard InChI is InChI=1S/C10H12N4O2S/c1-13-4-2-11-8(13)6-14-5-3-12-10(14)17-7-9(15)16/h2-5H,6-7H2,1H3,(H,15,16). The predicted octanol–water partition coefficient (Wildman–Crippen LogP) is 0.842. The van der Waals surface area contributed by atoms with E-state index in [1.807, 2.05) is 28.6 Å². The molecule has 17 heavy (non-hydrogen) atoms. The molecule has 90 valence electrons. The van der Waals surface area contributed by atoms with Gasteiger partial charge in [-0.2, -0.15) is 0 Å². The summed E-state index contributed by atoms with van der Waals surface area (Å²) in [5, 5.41) is 9.32. The Hall–Kier alpha value is -1.76. The highest BCUT2D eigenvalue weighted by molar-refractivity contribution is 7.99. The summed E-state index contributed by atoms with van der Waals surface area (Å²) in [7, 11) is 1.92. The van der Waals surface area contributed by atoms with Gasteiger partial charge in [0, 0.05) is 31.8 Å². The maximum absolute atomic E-state index is 10.5. The molecule has 7 heteroatoms. The maximum Gasteiger partial charge on any atom is 0.313 e. The second-order valence-electron chi connectivity index (χ2n) is 3.47. The predicted molar refractivity (Wildman–Crippen MR) is 62.9 cm³/mol. The third-order valence-electron chi connectivity index (χ3n) is 2.23. The number of aliphatic carboxylic acids is 1. The molecule has 0 aromatic carbocycles. The van der Waals surface area contributed by atoms with Crippen molar-refractivity contribution in [2.75, 3.05) is 5.75 Å². The summed E-state index contributed by atoms with van der Waals surface area (Å²) < 4.78 is 3.81. The van der Waals surface area contributed by atoms with Crippen molar-refractivity contribution in [3.05, 3.63) is 30.6 Å². The number of carbonyl (C=O) groups is 1.